The van der Waals surface area contributed by atoms with Crippen molar-refractivity contribution in [3.05, 3.63) is 80.0 Å². The molecule has 0 fully saturated rings. The van der Waals surface area contributed by atoms with Gasteiger partial charge >= 0.3 is 5.69 Å². The number of benzene rings is 2. The number of rotatable bonds is 4. The molecule has 2 aromatic carbocycles. The Morgan fingerprint density at radius 2 is 1.82 bits per heavy atom. The van der Waals surface area contributed by atoms with Gasteiger partial charge < -0.3 is 14.2 Å². The van der Waals surface area contributed by atoms with E-state index in [1.165, 1.54) is 9.13 Å². The van der Waals surface area contributed by atoms with Crippen molar-refractivity contribution in [3.8, 4) is 5.75 Å². The first kappa shape index (κ1) is 21.3. The summed E-state index contributed by atoms with van der Waals surface area (Å²) in [6.45, 7) is 3.55. The molecule has 33 heavy (non-hydrogen) atoms. The zero-order valence-electron chi connectivity index (χ0n) is 18.7. The van der Waals surface area contributed by atoms with Gasteiger partial charge in [-0.2, -0.15) is 4.98 Å². The van der Waals surface area contributed by atoms with Crippen molar-refractivity contribution >= 4 is 34.4 Å². The molecule has 0 amide bonds. The number of nitrogens with zero attached hydrogens (tertiary/aromatic N) is 5. The van der Waals surface area contributed by atoms with E-state index in [1.54, 1.807) is 20.2 Å². The summed E-state index contributed by atoms with van der Waals surface area (Å²) in [7, 11) is 3.27. The zero-order chi connectivity index (χ0) is 23.3. The highest BCUT2D eigenvalue weighted by molar-refractivity contribution is 6.31. The second kappa shape index (κ2) is 8.12. The van der Waals surface area contributed by atoms with Gasteiger partial charge in [-0.05, 0) is 29.7 Å². The van der Waals surface area contributed by atoms with Crippen LogP contribution < -0.4 is 20.9 Å². The number of hydrogen-bond donors (Lipinski definition) is 0. The largest absolute Gasteiger partial charge is 0.495 e. The van der Waals surface area contributed by atoms with Crippen molar-refractivity contribution in [3.63, 3.8) is 0 Å². The Balaban J connectivity index is 1.74. The van der Waals surface area contributed by atoms with Crippen molar-refractivity contribution in [1.29, 1.82) is 0 Å². The van der Waals surface area contributed by atoms with Crippen molar-refractivity contribution in [1.82, 2.24) is 18.7 Å². The standard InChI is InChI=1S/C24H24ClN5O3/c1-15-12-28(18-10-6-7-11-19(18)33-3)23-26-21-20(29(23)13-15)22(31)30(24(32)27(21)2)14-16-8-4-5-9-17(16)25/h4-11,15H,12-14H2,1-3H3/t15-/m0/s1. The second-order valence-corrected chi connectivity index (χ2v) is 8.81. The number of fused-ring (bicyclic) bond motifs is 3. The predicted octanol–water partition coefficient (Wildman–Crippen LogP) is 3.39. The molecule has 0 saturated carbocycles. The van der Waals surface area contributed by atoms with Crippen molar-refractivity contribution in [2.45, 2.75) is 20.0 Å². The minimum Gasteiger partial charge on any atom is -0.495 e. The first-order valence-corrected chi connectivity index (χ1v) is 11.1. The van der Waals surface area contributed by atoms with E-state index in [4.69, 9.17) is 21.3 Å². The molecule has 3 heterocycles. The molecule has 0 saturated heterocycles. The van der Waals surface area contributed by atoms with E-state index < -0.39 is 5.69 Å². The van der Waals surface area contributed by atoms with Gasteiger partial charge in [0.1, 0.15) is 5.75 Å². The number of ether oxygens (including phenoxy) is 1. The van der Waals surface area contributed by atoms with Gasteiger partial charge in [0.15, 0.2) is 11.2 Å². The molecule has 170 valence electrons. The molecular weight excluding hydrogens is 442 g/mol. The monoisotopic (exact) mass is 465 g/mol. The Kier molecular flexibility index (Phi) is 5.25. The normalized spacial score (nSPS) is 15.6. The molecule has 0 aliphatic carbocycles. The van der Waals surface area contributed by atoms with E-state index in [0.717, 1.165) is 11.4 Å². The van der Waals surface area contributed by atoms with Crippen LogP contribution >= 0.6 is 11.6 Å². The van der Waals surface area contributed by atoms with Gasteiger partial charge in [-0.3, -0.25) is 13.9 Å². The molecule has 0 N–H and O–H groups in total. The number of imidazole rings is 1. The maximum absolute atomic E-state index is 13.6. The number of aromatic nitrogens is 4. The fraction of sp³-hybridized carbons (Fsp3) is 0.292. The fourth-order valence-corrected chi connectivity index (χ4v) is 4.69. The third kappa shape index (κ3) is 3.41. The maximum Gasteiger partial charge on any atom is 0.332 e. The Morgan fingerprint density at radius 1 is 1.09 bits per heavy atom. The highest BCUT2D eigenvalue weighted by atomic mass is 35.5. The van der Waals surface area contributed by atoms with E-state index in [-0.39, 0.29) is 18.0 Å². The summed E-state index contributed by atoms with van der Waals surface area (Å²) in [5.74, 6) is 1.58. The van der Waals surface area contributed by atoms with Gasteiger partial charge in [-0.25, -0.2) is 4.79 Å². The van der Waals surface area contributed by atoms with Crippen LogP contribution in [0.1, 0.15) is 12.5 Å². The smallest absolute Gasteiger partial charge is 0.332 e. The van der Waals surface area contributed by atoms with E-state index in [0.29, 0.717) is 40.8 Å². The molecular formula is C24H24ClN5O3. The van der Waals surface area contributed by atoms with Crippen molar-refractivity contribution < 1.29 is 4.74 Å². The van der Waals surface area contributed by atoms with Gasteiger partial charge in [-0.15, -0.1) is 0 Å². The number of aryl methyl sites for hydroxylation is 1. The number of hydrogen-bond acceptors (Lipinski definition) is 5. The highest BCUT2D eigenvalue weighted by Crippen LogP contribution is 2.37. The van der Waals surface area contributed by atoms with Crippen LogP contribution in [0.4, 0.5) is 11.6 Å². The van der Waals surface area contributed by atoms with Crippen LogP contribution in [0.5, 0.6) is 5.75 Å². The summed E-state index contributed by atoms with van der Waals surface area (Å²) in [6.07, 6.45) is 0. The first-order chi connectivity index (χ1) is 15.9. The lowest BCUT2D eigenvalue weighted by Crippen LogP contribution is -2.40. The third-order valence-electron chi connectivity index (χ3n) is 6.10. The molecule has 1 aliphatic rings. The fourth-order valence-electron chi connectivity index (χ4n) is 4.50. The summed E-state index contributed by atoms with van der Waals surface area (Å²) in [6, 6.07) is 14.9. The number of methoxy groups -OCH3 is 1. The van der Waals surface area contributed by atoms with E-state index in [2.05, 4.69) is 11.8 Å². The van der Waals surface area contributed by atoms with Crippen LogP contribution in [0.15, 0.2) is 58.1 Å². The molecule has 1 atom stereocenters. The van der Waals surface area contributed by atoms with E-state index in [1.807, 2.05) is 47.0 Å². The first-order valence-electron chi connectivity index (χ1n) is 10.7. The van der Waals surface area contributed by atoms with Crippen LogP contribution in [0.3, 0.4) is 0 Å². The second-order valence-electron chi connectivity index (χ2n) is 8.41. The Hall–Kier alpha value is -3.52. The average molecular weight is 466 g/mol. The molecule has 1 aliphatic heterocycles. The summed E-state index contributed by atoms with van der Waals surface area (Å²) in [5.41, 5.74) is 1.54. The molecule has 0 spiro atoms. The summed E-state index contributed by atoms with van der Waals surface area (Å²) in [4.78, 5) is 33.6. The van der Waals surface area contributed by atoms with Gasteiger partial charge in [-0.1, -0.05) is 48.9 Å². The van der Waals surface area contributed by atoms with Gasteiger partial charge in [0, 0.05) is 25.2 Å². The topological polar surface area (TPSA) is 74.3 Å². The summed E-state index contributed by atoms with van der Waals surface area (Å²) < 4.78 is 10.2. The molecule has 2 aromatic heterocycles. The minimum atomic E-state index is -0.431. The van der Waals surface area contributed by atoms with Crippen LogP contribution in [0.25, 0.3) is 11.2 Å². The van der Waals surface area contributed by atoms with Crippen LogP contribution in [0.2, 0.25) is 5.02 Å². The lowest BCUT2D eigenvalue weighted by molar-refractivity contribution is 0.409. The number of anilines is 2. The lowest BCUT2D eigenvalue weighted by Gasteiger charge is -2.33. The molecule has 0 bridgehead atoms. The zero-order valence-corrected chi connectivity index (χ0v) is 19.4. The Morgan fingerprint density at radius 3 is 2.58 bits per heavy atom. The average Bonchev–Trinajstić information content (AvgIpc) is 3.20. The van der Waals surface area contributed by atoms with Crippen molar-refractivity contribution in [2.24, 2.45) is 13.0 Å². The van der Waals surface area contributed by atoms with Gasteiger partial charge in [0.25, 0.3) is 5.56 Å². The van der Waals surface area contributed by atoms with Gasteiger partial charge in [0.2, 0.25) is 5.95 Å². The molecule has 0 unspecified atom stereocenters. The highest BCUT2D eigenvalue weighted by Gasteiger charge is 2.31. The Bertz CT molecular complexity index is 1490. The minimum absolute atomic E-state index is 0.0907. The van der Waals surface area contributed by atoms with Crippen LogP contribution in [0, 0.1) is 5.92 Å². The van der Waals surface area contributed by atoms with Crippen LogP contribution in [-0.2, 0) is 20.1 Å². The van der Waals surface area contributed by atoms with E-state index >= 15 is 0 Å². The quantitative estimate of drug-likeness (QED) is 0.462. The summed E-state index contributed by atoms with van der Waals surface area (Å²) >= 11 is 6.31. The molecule has 9 heteroatoms. The Labute approximate surface area is 195 Å². The molecule has 8 nitrogen and oxygen atoms in total. The third-order valence-corrected chi connectivity index (χ3v) is 6.47. The SMILES string of the molecule is COc1ccccc1N1C[C@H](C)Cn2c1nc1c2c(=O)n(Cc2ccccc2Cl)c(=O)n1C. The molecule has 0 radical (unpaired) electrons. The van der Waals surface area contributed by atoms with Crippen molar-refractivity contribution in [2.75, 3.05) is 18.6 Å². The number of halogens is 1. The summed E-state index contributed by atoms with van der Waals surface area (Å²) in [5, 5.41) is 0.512. The predicted molar refractivity (Wildman–Crippen MR) is 129 cm³/mol. The molecule has 5 rings (SSSR count). The van der Waals surface area contributed by atoms with Crippen LogP contribution in [-0.4, -0.2) is 32.3 Å². The maximum atomic E-state index is 13.6. The van der Waals surface area contributed by atoms with Gasteiger partial charge in [0.05, 0.1) is 19.3 Å². The lowest BCUT2D eigenvalue weighted by atomic mass is 10.1. The van der Waals surface area contributed by atoms with E-state index in [9.17, 15) is 9.59 Å². The molecule has 4 aromatic rings. The number of para-hydroxylation sites is 2.